The second kappa shape index (κ2) is 7.42. The van der Waals surface area contributed by atoms with E-state index in [0.717, 1.165) is 0 Å². The van der Waals surface area contributed by atoms with Crippen LogP contribution >= 0.6 is 0 Å². The van der Waals surface area contributed by atoms with Crippen molar-refractivity contribution in [1.82, 2.24) is 10.2 Å². The first-order valence-electron chi connectivity index (χ1n) is 7.65. The van der Waals surface area contributed by atoms with Crippen molar-refractivity contribution in [2.24, 2.45) is 5.92 Å². The maximum atomic E-state index is 12.2. The highest BCUT2D eigenvalue weighted by Gasteiger charge is 2.30. The van der Waals surface area contributed by atoms with Crippen molar-refractivity contribution in [2.75, 3.05) is 13.6 Å². The van der Waals surface area contributed by atoms with Gasteiger partial charge in [0, 0.05) is 6.54 Å². The molecule has 0 bridgehead atoms. The second-order valence-corrected chi connectivity index (χ2v) is 6.62. The third-order valence-corrected chi connectivity index (χ3v) is 4.14. The molecular formula is C18H27N3O. The van der Waals surface area contributed by atoms with Gasteiger partial charge in [-0.2, -0.15) is 5.26 Å². The van der Waals surface area contributed by atoms with E-state index in [0.29, 0.717) is 6.54 Å². The molecule has 1 rings (SSSR count). The number of rotatable bonds is 6. The standard InChI is InChI=1S/C18H27N3O/c1-13(2)18(5,12-19)20-17(22)11-21(6)10-16-8-7-14(3)9-15(16)4/h7-9,13H,10-11H2,1-6H3,(H,20,22)/t18-/m0/s1. The van der Waals surface area contributed by atoms with E-state index in [-0.39, 0.29) is 18.4 Å². The first-order chi connectivity index (χ1) is 10.2. The van der Waals surface area contributed by atoms with Gasteiger partial charge >= 0.3 is 0 Å². The van der Waals surface area contributed by atoms with Gasteiger partial charge in [-0.05, 0) is 44.9 Å². The average Bonchev–Trinajstić information content (AvgIpc) is 2.41. The van der Waals surface area contributed by atoms with Crippen LogP contribution in [0.3, 0.4) is 0 Å². The van der Waals surface area contributed by atoms with Gasteiger partial charge in [0.05, 0.1) is 12.6 Å². The number of likely N-dealkylation sites (N-methyl/N-ethyl adjacent to an activating group) is 1. The van der Waals surface area contributed by atoms with Crippen molar-refractivity contribution in [2.45, 2.75) is 46.7 Å². The predicted octanol–water partition coefficient (Wildman–Crippen LogP) is 2.79. The molecule has 1 atom stereocenters. The zero-order valence-corrected chi connectivity index (χ0v) is 14.5. The maximum absolute atomic E-state index is 12.2. The van der Waals surface area contributed by atoms with Crippen molar-refractivity contribution in [3.63, 3.8) is 0 Å². The molecule has 1 N–H and O–H groups in total. The van der Waals surface area contributed by atoms with Crippen LogP contribution in [0.25, 0.3) is 0 Å². The van der Waals surface area contributed by atoms with Crippen LogP contribution in [-0.2, 0) is 11.3 Å². The van der Waals surface area contributed by atoms with E-state index in [4.69, 9.17) is 0 Å². The summed E-state index contributed by atoms with van der Waals surface area (Å²) in [6.07, 6.45) is 0. The first-order valence-corrected chi connectivity index (χ1v) is 7.65. The Morgan fingerprint density at radius 3 is 2.55 bits per heavy atom. The topological polar surface area (TPSA) is 56.1 Å². The molecule has 1 aromatic rings. The molecule has 0 aromatic heterocycles. The zero-order chi connectivity index (χ0) is 16.9. The number of carbonyl (C=O) groups excluding carboxylic acids is 1. The number of nitrogens with zero attached hydrogens (tertiary/aromatic N) is 2. The number of nitrogens with one attached hydrogen (secondary N) is 1. The van der Waals surface area contributed by atoms with Crippen LogP contribution < -0.4 is 5.32 Å². The Labute approximate surface area is 134 Å². The molecular weight excluding hydrogens is 274 g/mol. The summed E-state index contributed by atoms with van der Waals surface area (Å²) in [4.78, 5) is 14.1. The number of benzene rings is 1. The number of hydrogen-bond donors (Lipinski definition) is 1. The molecule has 0 aliphatic carbocycles. The molecule has 0 unspecified atom stereocenters. The van der Waals surface area contributed by atoms with Crippen LogP contribution in [0.15, 0.2) is 18.2 Å². The highest BCUT2D eigenvalue weighted by Crippen LogP contribution is 2.15. The van der Waals surface area contributed by atoms with Gasteiger partial charge in [-0.15, -0.1) is 0 Å². The van der Waals surface area contributed by atoms with Crippen molar-refractivity contribution in [3.8, 4) is 6.07 Å². The molecule has 22 heavy (non-hydrogen) atoms. The predicted molar refractivity (Wildman–Crippen MR) is 89.2 cm³/mol. The summed E-state index contributed by atoms with van der Waals surface area (Å²) in [5.74, 6) is -0.0592. The fourth-order valence-corrected chi connectivity index (χ4v) is 2.25. The number of aryl methyl sites for hydroxylation is 2. The lowest BCUT2D eigenvalue weighted by molar-refractivity contribution is -0.123. The Kier molecular flexibility index (Phi) is 6.13. The van der Waals surface area contributed by atoms with Gasteiger partial charge in [0.15, 0.2) is 0 Å². The Morgan fingerprint density at radius 2 is 2.05 bits per heavy atom. The highest BCUT2D eigenvalue weighted by atomic mass is 16.2. The Hall–Kier alpha value is -1.86. The third-order valence-electron chi connectivity index (χ3n) is 4.14. The fraction of sp³-hybridized carbons (Fsp3) is 0.556. The summed E-state index contributed by atoms with van der Waals surface area (Å²) >= 11 is 0. The minimum Gasteiger partial charge on any atom is -0.337 e. The second-order valence-electron chi connectivity index (χ2n) is 6.62. The van der Waals surface area contributed by atoms with E-state index in [2.05, 4.69) is 43.4 Å². The van der Waals surface area contributed by atoms with Gasteiger partial charge in [0.2, 0.25) is 5.91 Å². The van der Waals surface area contributed by atoms with Crippen molar-refractivity contribution < 1.29 is 4.79 Å². The summed E-state index contributed by atoms with van der Waals surface area (Å²) in [6, 6.07) is 8.53. The van der Waals surface area contributed by atoms with E-state index in [1.54, 1.807) is 6.92 Å². The normalized spacial score (nSPS) is 13.8. The van der Waals surface area contributed by atoms with Crippen molar-refractivity contribution in [1.29, 1.82) is 5.26 Å². The van der Waals surface area contributed by atoms with Crippen LogP contribution in [0.4, 0.5) is 0 Å². The van der Waals surface area contributed by atoms with E-state index in [9.17, 15) is 10.1 Å². The minimum absolute atomic E-state index is 0.0612. The summed E-state index contributed by atoms with van der Waals surface area (Å²) in [5.41, 5.74) is 2.87. The van der Waals surface area contributed by atoms with Crippen LogP contribution in [-0.4, -0.2) is 29.9 Å². The molecule has 4 heteroatoms. The lowest BCUT2D eigenvalue weighted by atomic mass is 9.90. The van der Waals surface area contributed by atoms with Gasteiger partial charge < -0.3 is 5.32 Å². The Morgan fingerprint density at radius 1 is 1.41 bits per heavy atom. The highest BCUT2D eigenvalue weighted by molar-refractivity contribution is 5.79. The molecule has 0 heterocycles. The van der Waals surface area contributed by atoms with Crippen LogP contribution in [0.2, 0.25) is 0 Å². The smallest absolute Gasteiger partial charge is 0.235 e. The monoisotopic (exact) mass is 301 g/mol. The summed E-state index contributed by atoms with van der Waals surface area (Å²) in [5, 5.41) is 12.1. The van der Waals surface area contributed by atoms with Gasteiger partial charge in [0.1, 0.15) is 5.54 Å². The molecule has 0 fully saturated rings. The van der Waals surface area contributed by atoms with Gasteiger partial charge in [-0.25, -0.2) is 0 Å². The SMILES string of the molecule is Cc1ccc(CN(C)CC(=O)N[C@@](C)(C#N)C(C)C)c(C)c1. The Bertz CT molecular complexity index is 574. The van der Waals surface area contributed by atoms with Crippen molar-refractivity contribution in [3.05, 3.63) is 34.9 Å². The molecule has 0 aliphatic heterocycles. The molecule has 120 valence electrons. The summed E-state index contributed by atoms with van der Waals surface area (Å²) < 4.78 is 0. The van der Waals surface area contributed by atoms with Gasteiger partial charge in [-0.3, -0.25) is 9.69 Å². The van der Waals surface area contributed by atoms with E-state index < -0.39 is 5.54 Å². The molecule has 1 amide bonds. The largest absolute Gasteiger partial charge is 0.337 e. The summed E-state index contributed by atoms with van der Waals surface area (Å²) in [7, 11) is 1.91. The molecule has 1 aromatic carbocycles. The quantitative estimate of drug-likeness (QED) is 0.879. The van der Waals surface area contributed by atoms with Crippen LogP contribution in [0, 0.1) is 31.1 Å². The summed E-state index contributed by atoms with van der Waals surface area (Å²) in [6.45, 7) is 10.8. The fourth-order valence-electron chi connectivity index (χ4n) is 2.25. The van der Waals surface area contributed by atoms with Gasteiger partial charge in [-0.1, -0.05) is 37.6 Å². The first kappa shape index (κ1) is 18.2. The number of nitriles is 1. The Balaban J connectivity index is 2.63. The zero-order valence-electron chi connectivity index (χ0n) is 14.5. The van der Waals surface area contributed by atoms with Gasteiger partial charge in [0.25, 0.3) is 0 Å². The molecule has 0 radical (unpaired) electrons. The molecule has 0 saturated heterocycles. The maximum Gasteiger partial charge on any atom is 0.235 e. The molecule has 4 nitrogen and oxygen atoms in total. The molecule has 0 spiro atoms. The van der Waals surface area contributed by atoms with E-state index in [1.807, 2.05) is 25.8 Å². The lowest BCUT2D eigenvalue weighted by Gasteiger charge is -2.28. The average molecular weight is 301 g/mol. The number of amides is 1. The lowest BCUT2D eigenvalue weighted by Crippen LogP contribution is -2.51. The molecule has 0 saturated carbocycles. The van der Waals surface area contributed by atoms with Crippen LogP contribution in [0.5, 0.6) is 0 Å². The van der Waals surface area contributed by atoms with E-state index >= 15 is 0 Å². The molecule has 0 aliphatic rings. The number of carbonyl (C=O) groups is 1. The third kappa shape index (κ3) is 4.85. The van der Waals surface area contributed by atoms with Crippen LogP contribution in [0.1, 0.15) is 37.5 Å². The number of hydrogen-bond acceptors (Lipinski definition) is 3. The van der Waals surface area contributed by atoms with Crippen molar-refractivity contribution >= 4 is 5.91 Å². The minimum atomic E-state index is -0.822. The van der Waals surface area contributed by atoms with E-state index in [1.165, 1.54) is 16.7 Å².